The summed E-state index contributed by atoms with van der Waals surface area (Å²) >= 11 is 7.84. The Morgan fingerprint density at radius 1 is 1.59 bits per heavy atom. The van der Waals surface area contributed by atoms with Crippen LogP contribution in [0.1, 0.15) is 35.7 Å². The summed E-state index contributed by atoms with van der Waals surface area (Å²) < 4.78 is 0. The highest BCUT2D eigenvalue weighted by Gasteiger charge is 2.29. The second-order valence-corrected chi connectivity index (χ2v) is 6.86. The van der Waals surface area contributed by atoms with Crippen molar-refractivity contribution in [3.63, 3.8) is 0 Å². The molecule has 2 rings (SSSR count). The SMILES string of the molecule is C=CCN(CC=O)C(=O)Nc1nc2c(s1)C(Cl)CC(CC)C2. The second kappa shape index (κ2) is 7.74. The van der Waals surface area contributed by atoms with Gasteiger partial charge in [0.15, 0.2) is 5.13 Å². The van der Waals surface area contributed by atoms with Gasteiger partial charge in [-0.05, 0) is 18.8 Å². The maximum Gasteiger partial charge on any atom is 0.324 e. The van der Waals surface area contributed by atoms with Gasteiger partial charge in [0, 0.05) is 11.4 Å². The highest BCUT2D eigenvalue weighted by molar-refractivity contribution is 7.16. The Balaban J connectivity index is 2.09. The fraction of sp³-hybridized carbons (Fsp3) is 0.533. The number of amides is 2. The molecule has 1 aliphatic carbocycles. The topological polar surface area (TPSA) is 62.3 Å². The first-order valence-corrected chi connectivity index (χ1v) is 8.58. The molecule has 2 atom stereocenters. The van der Waals surface area contributed by atoms with Crippen LogP contribution in [0.2, 0.25) is 0 Å². The molecule has 1 aromatic heterocycles. The summed E-state index contributed by atoms with van der Waals surface area (Å²) in [6, 6.07) is -0.351. The van der Waals surface area contributed by atoms with E-state index in [4.69, 9.17) is 11.6 Å². The number of aromatic nitrogens is 1. The van der Waals surface area contributed by atoms with Crippen LogP contribution >= 0.6 is 22.9 Å². The smallest absolute Gasteiger partial charge is 0.314 e. The van der Waals surface area contributed by atoms with Crippen LogP contribution in [-0.4, -0.2) is 35.3 Å². The Bertz CT molecular complexity index is 551. The highest BCUT2D eigenvalue weighted by Crippen LogP contribution is 2.42. The van der Waals surface area contributed by atoms with Crippen LogP contribution in [0.5, 0.6) is 0 Å². The number of nitrogens with one attached hydrogen (secondary N) is 1. The lowest BCUT2D eigenvalue weighted by atomic mass is 9.89. The summed E-state index contributed by atoms with van der Waals surface area (Å²) in [5.74, 6) is 0.549. The molecule has 120 valence electrons. The number of carbonyl (C=O) groups is 2. The van der Waals surface area contributed by atoms with E-state index in [9.17, 15) is 9.59 Å². The standard InChI is InChI=1S/C15H20ClN3O2S/c1-3-5-19(6-7-20)15(21)18-14-17-12-9-10(4-2)8-11(16)13(12)22-14/h3,7,10-11H,1,4-6,8-9H2,2H3,(H,17,18,21). The zero-order valence-electron chi connectivity index (χ0n) is 12.5. The minimum absolute atomic E-state index is 0.0268. The van der Waals surface area contributed by atoms with Gasteiger partial charge in [0.1, 0.15) is 6.29 Å². The van der Waals surface area contributed by atoms with E-state index >= 15 is 0 Å². The molecular formula is C15H20ClN3O2S. The number of carbonyl (C=O) groups excluding carboxylic acids is 2. The van der Waals surface area contributed by atoms with E-state index in [2.05, 4.69) is 23.8 Å². The van der Waals surface area contributed by atoms with Gasteiger partial charge in [-0.3, -0.25) is 5.32 Å². The normalized spacial score (nSPS) is 20.1. The minimum atomic E-state index is -0.351. The maximum absolute atomic E-state index is 12.1. The van der Waals surface area contributed by atoms with Crippen LogP contribution in [0.3, 0.4) is 0 Å². The summed E-state index contributed by atoms with van der Waals surface area (Å²) in [6.07, 6.45) is 5.21. The van der Waals surface area contributed by atoms with Crippen molar-refractivity contribution in [3.8, 4) is 0 Å². The Kier molecular flexibility index (Phi) is 5.97. The van der Waals surface area contributed by atoms with Crippen LogP contribution < -0.4 is 5.32 Å². The molecule has 22 heavy (non-hydrogen) atoms. The number of thiazole rings is 1. The molecule has 7 heteroatoms. The van der Waals surface area contributed by atoms with Crippen molar-refractivity contribution in [1.82, 2.24) is 9.88 Å². The molecule has 0 aromatic carbocycles. The van der Waals surface area contributed by atoms with Gasteiger partial charge in [-0.2, -0.15) is 0 Å². The Hall–Kier alpha value is -1.40. The Morgan fingerprint density at radius 2 is 2.36 bits per heavy atom. The minimum Gasteiger partial charge on any atom is -0.314 e. The van der Waals surface area contributed by atoms with Crippen molar-refractivity contribution in [3.05, 3.63) is 23.2 Å². The number of rotatable bonds is 6. The molecule has 0 saturated heterocycles. The van der Waals surface area contributed by atoms with Crippen molar-refractivity contribution in [2.24, 2.45) is 5.92 Å². The van der Waals surface area contributed by atoms with Gasteiger partial charge in [-0.25, -0.2) is 9.78 Å². The number of nitrogens with zero attached hydrogens (tertiary/aromatic N) is 2. The largest absolute Gasteiger partial charge is 0.324 e. The summed E-state index contributed by atoms with van der Waals surface area (Å²) in [5.41, 5.74) is 0.990. The third-order valence-electron chi connectivity index (χ3n) is 3.76. The predicted molar refractivity (Wildman–Crippen MR) is 89.7 cm³/mol. The number of hydrogen-bond donors (Lipinski definition) is 1. The molecule has 2 unspecified atom stereocenters. The fourth-order valence-electron chi connectivity index (χ4n) is 2.53. The van der Waals surface area contributed by atoms with Gasteiger partial charge in [0.25, 0.3) is 0 Å². The first kappa shape index (κ1) is 17.0. The summed E-state index contributed by atoms with van der Waals surface area (Å²) in [7, 11) is 0. The lowest BCUT2D eigenvalue weighted by molar-refractivity contribution is -0.108. The van der Waals surface area contributed by atoms with Gasteiger partial charge in [-0.15, -0.1) is 18.2 Å². The van der Waals surface area contributed by atoms with Crippen LogP contribution in [0, 0.1) is 5.92 Å². The maximum atomic E-state index is 12.1. The number of alkyl halides is 1. The molecule has 2 amide bonds. The summed E-state index contributed by atoms with van der Waals surface area (Å²) in [5, 5.41) is 3.26. The van der Waals surface area contributed by atoms with E-state index in [1.165, 1.54) is 16.2 Å². The molecule has 0 aliphatic heterocycles. The average Bonchev–Trinajstić information content (AvgIpc) is 2.89. The van der Waals surface area contributed by atoms with E-state index in [0.717, 1.165) is 29.8 Å². The molecule has 1 aliphatic rings. The molecule has 1 N–H and O–H groups in total. The van der Waals surface area contributed by atoms with Crippen LogP contribution in [-0.2, 0) is 11.2 Å². The Morgan fingerprint density at radius 3 is 3.00 bits per heavy atom. The van der Waals surface area contributed by atoms with Crippen molar-refractivity contribution in [1.29, 1.82) is 0 Å². The molecule has 1 aromatic rings. The number of fused-ring (bicyclic) bond motifs is 1. The number of aldehydes is 1. The number of urea groups is 1. The van der Waals surface area contributed by atoms with E-state index in [0.29, 0.717) is 23.9 Å². The number of halogens is 1. The zero-order valence-corrected chi connectivity index (χ0v) is 14.1. The summed E-state index contributed by atoms with van der Waals surface area (Å²) in [6.45, 7) is 6.08. The van der Waals surface area contributed by atoms with Gasteiger partial charge in [0.05, 0.1) is 17.6 Å². The van der Waals surface area contributed by atoms with Gasteiger partial charge in [-0.1, -0.05) is 30.8 Å². The van der Waals surface area contributed by atoms with E-state index in [1.54, 1.807) is 6.08 Å². The molecule has 0 saturated carbocycles. The second-order valence-electron chi connectivity index (χ2n) is 5.30. The van der Waals surface area contributed by atoms with E-state index < -0.39 is 0 Å². The van der Waals surface area contributed by atoms with Gasteiger partial charge in [0.2, 0.25) is 0 Å². The lowest BCUT2D eigenvalue weighted by Crippen LogP contribution is -2.36. The molecule has 0 fully saturated rings. The summed E-state index contributed by atoms with van der Waals surface area (Å²) in [4.78, 5) is 29.7. The van der Waals surface area contributed by atoms with Crippen molar-refractivity contribution in [2.45, 2.75) is 31.6 Å². The van der Waals surface area contributed by atoms with E-state index in [-0.39, 0.29) is 18.0 Å². The van der Waals surface area contributed by atoms with Crippen LogP contribution in [0.4, 0.5) is 9.93 Å². The third kappa shape index (κ3) is 3.87. The molecule has 1 heterocycles. The van der Waals surface area contributed by atoms with Gasteiger partial charge >= 0.3 is 6.03 Å². The van der Waals surface area contributed by atoms with Crippen molar-refractivity contribution < 1.29 is 9.59 Å². The lowest BCUT2D eigenvalue weighted by Gasteiger charge is -2.23. The highest BCUT2D eigenvalue weighted by atomic mass is 35.5. The third-order valence-corrected chi connectivity index (χ3v) is 5.41. The first-order valence-electron chi connectivity index (χ1n) is 7.33. The quantitative estimate of drug-likeness (QED) is 0.488. The predicted octanol–water partition coefficient (Wildman–Crippen LogP) is 3.61. The van der Waals surface area contributed by atoms with E-state index in [1.807, 2.05) is 0 Å². The number of anilines is 1. The van der Waals surface area contributed by atoms with Crippen molar-refractivity contribution in [2.75, 3.05) is 18.4 Å². The Labute approximate surface area is 139 Å². The average molecular weight is 342 g/mol. The molecule has 0 spiro atoms. The fourth-order valence-corrected chi connectivity index (χ4v) is 4.02. The molecular weight excluding hydrogens is 322 g/mol. The number of hydrogen-bond acceptors (Lipinski definition) is 4. The molecule has 5 nitrogen and oxygen atoms in total. The molecule has 0 bridgehead atoms. The van der Waals surface area contributed by atoms with Crippen molar-refractivity contribution >= 4 is 40.4 Å². The zero-order chi connectivity index (χ0) is 16.1. The van der Waals surface area contributed by atoms with Crippen LogP contribution in [0.15, 0.2) is 12.7 Å². The first-order chi connectivity index (χ1) is 10.6. The monoisotopic (exact) mass is 341 g/mol. The van der Waals surface area contributed by atoms with Crippen LogP contribution in [0.25, 0.3) is 0 Å². The molecule has 0 radical (unpaired) electrons. The van der Waals surface area contributed by atoms with Gasteiger partial charge < -0.3 is 9.69 Å².